The average molecular weight is 439 g/mol. The molecule has 3 heteroatoms. The first kappa shape index (κ1) is 24.3. The maximum atomic E-state index is 13.6. The smallest absolute Gasteiger partial charge is 0.174 e. The highest BCUT2D eigenvalue weighted by molar-refractivity contribution is 7.96. The lowest BCUT2D eigenvalue weighted by atomic mass is 9.96. The number of unbranched alkanes of at least 4 members (excludes halogenated alkanes) is 1. The molecule has 0 saturated heterocycles. The number of rotatable bonds is 10. The molecule has 0 radical (unpaired) electrons. The zero-order valence-electron chi connectivity index (χ0n) is 18.0. The van der Waals surface area contributed by atoms with Crippen LogP contribution in [-0.2, 0) is 4.79 Å². The molecule has 0 bridgehead atoms. The van der Waals surface area contributed by atoms with E-state index in [1.54, 1.807) is 0 Å². The van der Waals surface area contributed by atoms with Crippen LogP contribution in [0.25, 0.3) is 0 Å². The second-order valence-electron chi connectivity index (χ2n) is 7.69. The van der Waals surface area contributed by atoms with Crippen molar-refractivity contribution in [3.63, 3.8) is 0 Å². The molecule has 1 unspecified atom stereocenters. The van der Waals surface area contributed by atoms with Crippen LogP contribution in [0, 0.1) is 5.92 Å². The van der Waals surface area contributed by atoms with Crippen LogP contribution in [0.15, 0.2) is 91.0 Å². The molecular weight excluding hydrogens is 407 g/mol. The zero-order chi connectivity index (χ0) is 20.5. The van der Waals surface area contributed by atoms with Gasteiger partial charge >= 0.3 is 0 Å². The van der Waals surface area contributed by atoms with Gasteiger partial charge in [-0.25, -0.2) is 0 Å². The van der Waals surface area contributed by atoms with Gasteiger partial charge in [0, 0.05) is 5.92 Å². The Labute approximate surface area is 188 Å². The third kappa shape index (κ3) is 5.39. The van der Waals surface area contributed by atoms with Gasteiger partial charge in [-0.15, -0.1) is 0 Å². The molecule has 30 heavy (non-hydrogen) atoms. The van der Waals surface area contributed by atoms with E-state index < -0.39 is 7.26 Å². The Morgan fingerprint density at radius 2 is 1.13 bits per heavy atom. The lowest BCUT2D eigenvalue weighted by molar-refractivity contribution is -0.120. The van der Waals surface area contributed by atoms with Crippen molar-refractivity contribution in [2.45, 2.75) is 39.5 Å². The highest BCUT2D eigenvalue weighted by Gasteiger charge is 2.47. The molecule has 1 atom stereocenters. The Bertz CT molecular complexity index is 784. The maximum Gasteiger partial charge on any atom is 0.174 e. The van der Waals surface area contributed by atoms with Crippen molar-refractivity contribution in [3.05, 3.63) is 91.0 Å². The highest BCUT2D eigenvalue weighted by atomic mass is 35.5. The van der Waals surface area contributed by atoms with Gasteiger partial charge in [-0.05, 0) is 49.2 Å². The first-order valence-corrected chi connectivity index (χ1v) is 12.8. The Balaban J connectivity index is 0.00000320. The van der Waals surface area contributed by atoms with Crippen molar-refractivity contribution >= 4 is 29.0 Å². The van der Waals surface area contributed by atoms with Gasteiger partial charge < -0.3 is 12.4 Å². The summed E-state index contributed by atoms with van der Waals surface area (Å²) in [6.45, 7) is 4.36. The third-order valence-corrected chi connectivity index (χ3v) is 10.2. The Morgan fingerprint density at radius 1 is 0.733 bits per heavy atom. The van der Waals surface area contributed by atoms with Crippen LogP contribution in [0.1, 0.15) is 39.5 Å². The molecule has 0 amide bonds. The lowest BCUT2D eigenvalue weighted by Gasteiger charge is -2.28. The van der Waals surface area contributed by atoms with Gasteiger partial charge in [0.2, 0.25) is 0 Å². The van der Waals surface area contributed by atoms with Crippen molar-refractivity contribution < 1.29 is 17.2 Å². The van der Waals surface area contributed by atoms with Crippen LogP contribution in [0.3, 0.4) is 0 Å². The van der Waals surface area contributed by atoms with Gasteiger partial charge in [0.05, 0.1) is 0 Å². The topological polar surface area (TPSA) is 17.1 Å². The van der Waals surface area contributed by atoms with E-state index in [1.165, 1.54) is 15.9 Å². The summed E-state index contributed by atoms with van der Waals surface area (Å²) in [4.78, 5) is 13.6. The fourth-order valence-corrected chi connectivity index (χ4v) is 8.39. The van der Waals surface area contributed by atoms with Crippen molar-refractivity contribution in [1.82, 2.24) is 0 Å². The molecule has 0 aliphatic rings. The van der Waals surface area contributed by atoms with Crippen molar-refractivity contribution in [1.29, 1.82) is 0 Å². The number of halogens is 1. The molecule has 0 spiro atoms. The Kier molecular flexibility index (Phi) is 9.76. The molecule has 3 aromatic carbocycles. The number of benzene rings is 3. The van der Waals surface area contributed by atoms with E-state index in [1.807, 2.05) is 0 Å². The first-order chi connectivity index (χ1) is 14.2. The third-order valence-electron chi connectivity index (χ3n) is 5.84. The molecule has 158 valence electrons. The standard InChI is InChI=1S/C27H32OP.ClH/c1-3-5-15-23(4-2)27(28)22-29(24-16-9-6-10-17-24,25-18-11-7-12-19-25)26-20-13-8-14-21-26;/h6-14,16-21,23H,3-5,15,22H2,1-2H3;1H/q+1;/p-1. The van der Waals surface area contributed by atoms with E-state index in [-0.39, 0.29) is 18.3 Å². The zero-order valence-corrected chi connectivity index (χ0v) is 19.7. The predicted molar refractivity (Wildman–Crippen MR) is 128 cm³/mol. The fraction of sp³-hybridized carbons (Fsp3) is 0.296. The van der Waals surface area contributed by atoms with Crippen LogP contribution in [-0.4, -0.2) is 11.9 Å². The van der Waals surface area contributed by atoms with Crippen LogP contribution < -0.4 is 28.3 Å². The monoisotopic (exact) mass is 438 g/mol. The predicted octanol–water partition coefficient (Wildman–Crippen LogP) is 2.77. The molecule has 1 nitrogen and oxygen atoms in total. The Morgan fingerprint density at radius 3 is 1.47 bits per heavy atom. The minimum Gasteiger partial charge on any atom is -1.00 e. The fourth-order valence-electron chi connectivity index (χ4n) is 4.17. The van der Waals surface area contributed by atoms with Gasteiger partial charge in [-0.3, -0.25) is 4.79 Å². The quantitative estimate of drug-likeness (QED) is 0.445. The second kappa shape index (κ2) is 12.0. The molecule has 3 aromatic rings. The van der Waals surface area contributed by atoms with Gasteiger partial charge in [0.15, 0.2) is 5.78 Å². The number of carbonyl (C=O) groups is 1. The number of carbonyl (C=O) groups excluding carboxylic acids is 1. The summed E-state index contributed by atoms with van der Waals surface area (Å²) in [5.41, 5.74) is 0. The average Bonchev–Trinajstić information content (AvgIpc) is 2.80. The minimum absolute atomic E-state index is 0. The lowest BCUT2D eigenvalue weighted by Crippen LogP contribution is -3.00. The van der Waals surface area contributed by atoms with Crippen molar-refractivity contribution in [2.75, 3.05) is 6.16 Å². The van der Waals surface area contributed by atoms with E-state index in [9.17, 15) is 4.79 Å². The molecule has 0 heterocycles. The van der Waals surface area contributed by atoms with E-state index in [2.05, 4.69) is 105 Å². The summed E-state index contributed by atoms with van der Waals surface area (Å²) in [7, 11) is -2.06. The van der Waals surface area contributed by atoms with Crippen molar-refractivity contribution in [2.24, 2.45) is 5.92 Å². The van der Waals surface area contributed by atoms with Gasteiger partial charge in [0.25, 0.3) is 0 Å². The van der Waals surface area contributed by atoms with Gasteiger partial charge in [-0.2, -0.15) is 0 Å². The summed E-state index contributed by atoms with van der Waals surface area (Å²) < 4.78 is 0. The molecule has 0 aromatic heterocycles. The molecule has 0 aliphatic carbocycles. The summed E-state index contributed by atoms with van der Waals surface area (Å²) >= 11 is 0. The van der Waals surface area contributed by atoms with Gasteiger partial charge in [0.1, 0.15) is 29.3 Å². The van der Waals surface area contributed by atoms with Crippen LogP contribution in [0.5, 0.6) is 0 Å². The molecule has 0 fully saturated rings. The Hall–Kier alpha value is -1.95. The van der Waals surface area contributed by atoms with Gasteiger partial charge in [-0.1, -0.05) is 81.3 Å². The number of hydrogen-bond acceptors (Lipinski definition) is 1. The van der Waals surface area contributed by atoms with Crippen LogP contribution in [0.4, 0.5) is 0 Å². The number of ketones is 1. The molecular formula is C27H32ClOP. The van der Waals surface area contributed by atoms with Crippen LogP contribution in [0.2, 0.25) is 0 Å². The summed E-state index contributed by atoms with van der Waals surface area (Å²) in [6, 6.07) is 32.1. The first-order valence-electron chi connectivity index (χ1n) is 10.8. The second-order valence-corrected chi connectivity index (χ2v) is 11.2. The summed E-state index contributed by atoms with van der Waals surface area (Å²) in [5, 5.41) is 3.86. The van der Waals surface area contributed by atoms with E-state index in [4.69, 9.17) is 0 Å². The minimum atomic E-state index is -2.06. The van der Waals surface area contributed by atoms with Crippen LogP contribution >= 0.6 is 7.26 Å². The molecule has 3 rings (SSSR count). The molecule has 0 saturated carbocycles. The largest absolute Gasteiger partial charge is 1.00 e. The SMILES string of the molecule is CCCCC(CC)C(=O)C[P+](c1ccccc1)(c1ccccc1)c1ccccc1.[Cl-]. The van der Waals surface area contributed by atoms with E-state index >= 15 is 0 Å². The van der Waals surface area contributed by atoms with Crippen molar-refractivity contribution in [3.8, 4) is 0 Å². The molecule has 0 aliphatic heterocycles. The number of Topliss-reactive ketones (excluding diaryl/α,β-unsaturated/α-hetero) is 1. The maximum absolute atomic E-state index is 13.6. The summed E-state index contributed by atoms with van der Waals surface area (Å²) in [6.07, 6.45) is 4.80. The number of hydrogen-bond donors (Lipinski definition) is 0. The normalized spacial score (nSPS) is 12.1. The summed E-state index contributed by atoms with van der Waals surface area (Å²) in [5.74, 6) is 0.580. The highest BCUT2D eigenvalue weighted by Crippen LogP contribution is 2.55. The van der Waals surface area contributed by atoms with E-state index in [0.717, 1.165) is 25.7 Å². The van der Waals surface area contributed by atoms with E-state index in [0.29, 0.717) is 11.9 Å². The molecule has 0 N–H and O–H groups in total.